The molecule has 0 saturated heterocycles. The van der Waals surface area contributed by atoms with Crippen molar-refractivity contribution in [2.45, 2.75) is 57.7 Å². The normalized spacial score (nSPS) is 14.4. The number of ether oxygens (including phenoxy) is 1. The molecule has 3 aromatic carbocycles. The Morgan fingerprint density at radius 2 is 1.44 bits per heavy atom. The summed E-state index contributed by atoms with van der Waals surface area (Å²) in [5, 5.41) is 4.52. The Morgan fingerprint density at radius 1 is 0.822 bits per heavy atom. The summed E-state index contributed by atoms with van der Waals surface area (Å²) in [5.74, 6) is -2.31. The molecule has 0 bridgehead atoms. The Morgan fingerprint density at radius 3 is 2.07 bits per heavy atom. The van der Waals surface area contributed by atoms with E-state index in [0.29, 0.717) is 16.3 Å². The highest BCUT2D eigenvalue weighted by Gasteiger charge is 2.31. The fraction of sp³-hybridized carbons (Fsp3) is 0.324. The molecule has 1 fully saturated rings. The van der Waals surface area contributed by atoms with Crippen LogP contribution in [-0.4, -0.2) is 47.1 Å². The van der Waals surface area contributed by atoms with Gasteiger partial charge in [-0.2, -0.15) is 13.2 Å². The lowest BCUT2D eigenvalue weighted by Crippen LogP contribution is -2.18. The number of hydrogen-bond acceptors (Lipinski definition) is 7. The Hall–Kier alpha value is -4.80. The average molecular weight is 621 g/mol. The molecule has 8 nitrogen and oxygen atoms in total. The Balaban J connectivity index is 1.56. The van der Waals surface area contributed by atoms with E-state index in [1.165, 1.54) is 43.5 Å². The Kier molecular flexibility index (Phi) is 9.45. The van der Waals surface area contributed by atoms with Gasteiger partial charge in [-0.05, 0) is 61.4 Å². The maximum Gasteiger partial charge on any atom is 0.406 e. The number of nitrogens with zero attached hydrogens (tertiary/aromatic N) is 2. The molecular weight excluding hydrogens is 589 g/mol. The lowest BCUT2D eigenvalue weighted by Gasteiger charge is -2.20. The molecule has 0 unspecified atom stereocenters. The number of alkyl halides is 3. The van der Waals surface area contributed by atoms with Gasteiger partial charge in [-0.15, -0.1) is 0 Å². The standard InChI is InChI=1S/C34H31F3N2O6/c1-44-30(40)17-14-27(38-45-33(43)22-10-6-3-7-11-22)32(42)24-13-16-29-26(19-24)25-18-23(31(41)21-8-4-2-5-9-21)12-15-28(25)39(29)20-34(35,36)37/h3,6-7,10-13,15-16,18-19,21H,2,4-5,8-9,14,17,20H2,1H3/b38-27-. The van der Waals surface area contributed by atoms with Crippen LogP contribution in [0.15, 0.2) is 71.9 Å². The third-order valence-electron chi connectivity index (χ3n) is 8.03. The molecule has 1 aromatic heterocycles. The van der Waals surface area contributed by atoms with Crippen molar-refractivity contribution in [3.63, 3.8) is 0 Å². The van der Waals surface area contributed by atoms with Gasteiger partial charge >= 0.3 is 18.1 Å². The van der Waals surface area contributed by atoms with Gasteiger partial charge in [0.2, 0.25) is 5.78 Å². The fourth-order valence-electron chi connectivity index (χ4n) is 5.76. The summed E-state index contributed by atoms with van der Waals surface area (Å²) in [6.07, 6.45) is -0.459. The minimum absolute atomic E-state index is 0.0435. The van der Waals surface area contributed by atoms with Crippen LogP contribution in [0.25, 0.3) is 21.8 Å². The van der Waals surface area contributed by atoms with Gasteiger partial charge in [0.05, 0.1) is 19.1 Å². The second-order valence-corrected chi connectivity index (χ2v) is 11.1. The van der Waals surface area contributed by atoms with E-state index in [9.17, 15) is 32.3 Å². The molecule has 0 aliphatic heterocycles. The SMILES string of the molecule is COC(=O)CC/C(=N/OC(=O)c1ccccc1)C(=O)c1ccc2c(c1)c1cc(C(=O)C3CCCCC3)ccc1n2CC(F)(F)F. The first-order chi connectivity index (χ1) is 21.6. The summed E-state index contributed by atoms with van der Waals surface area (Å²) >= 11 is 0. The third-order valence-corrected chi connectivity index (χ3v) is 8.03. The summed E-state index contributed by atoms with van der Waals surface area (Å²) in [7, 11) is 1.19. The van der Waals surface area contributed by atoms with Crippen LogP contribution in [0, 0.1) is 5.92 Å². The lowest BCUT2D eigenvalue weighted by molar-refractivity contribution is -0.140. The van der Waals surface area contributed by atoms with E-state index in [2.05, 4.69) is 9.89 Å². The minimum atomic E-state index is -4.53. The number of carbonyl (C=O) groups excluding carboxylic acids is 4. The number of methoxy groups -OCH3 is 1. The summed E-state index contributed by atoms with van der Waals surface area (Å²) in [4.78, 5) is 56.4. The molecule has 11 heteroatoms. The number of benzene rings is 3. The molecule has 1 saturated carbocycles. The number of ketones is 2. The average Bonchev–Trinajstić information content (AvgIpc) is 3.35. The van der Waals surface area contributed by atoms with Crippen molar-refractivity contribution >= 4 is 51.0 Å². The number of Topliss-reactive ketones (excluding diaryl/α,β-unsaturated/α-hetero) is 2. The van der Waals surface area contributed by atoms with Crippen LogP contribution in [-0.2, 0) is 20.9 Å². The number of halogens is 3. The van der Waals surface area contributed by atoms with Crippen molar-refractivity contribution in [1.29, 1.82) is 0 Å². The van der Waals surface area contributed by atoms with Crippen molar-refractivity contribution in [1.82, 2.24) is 4.57 Å². The largest absolute Gasteiger partial charge is 0.469 e. The molecule has 0 amide bonds. The number of carbonyl (C=O) groups is 4. The van der Waals surface area contributed by atoms with Crippen LogP contribution in [0.5, 0.6) is 0 Å². The highest BCUT2D eigenvalue weighted by Crippen LogP contribution is 2.35. The van der Waals surface area contributed by atoms with Crippen LogP contribution in [0.4, 0.5) is 13.2 Å². The molecule has 0 spiro atoms. The maximum absolute atomic E-state index is 13.7. The third kappa shape index (κ3) is 7.30. The molecule has 45 heavy (non-hydrogen) atoms. The molecule has 0 N–H and O–H groups in total. The minimum Gasteiger partial charge on any atom is -0.469 e. The molecule has 0 radical (unpaired) electrons. The zero-order valence-electron chi connectivity index (χ0n) is 24.6. The van der Waals surface area contributed by atoms with Crippen molar-refractivity contribution in [2.75, 3.05) is 7.11 Å². The number of esters is 1. The van der Waals surface area contributed by atoms with Gasteiger partial charge in [0.15, 0.2) is 5.78 Å². The Labute approximate surface area is 256 Å². The molecular formula is C34H31F3N2O6. The van der Waals surface area contributed by atoms with Gasteiger partial charge < -0.3 is 14.1 Å². The van der Waals surface area contributed by atoms with Crippen molar-refractivity contribution < 1.29 is 41.9 Å². The second kappa shape index (κ2) is 13.5. The summed E-state index contributed by atoms with van der Waals surface area (Å²) in [5.41, 5.74) is 0.894. The monoisotopic (exact) mass is 620 g/mol. The van der Waals surface area contributed by atoms with E-state index in [1.54, 1.807) is 30.3 Å². The zero-order valence-corrected chi connectivity index (χ0v) is 24.6. The van der Waals surface area contributed by atoms with E-state index in [1.807, 2.05) is 0 Å². The van der Waals surface area contributed by atoms with Crippen LogP contribution in [0.2, 0.25) is 0 Å². The quantitative estimate of drug-likeness (QED) is 0.0599. The lowest BCUT2D eigenvalue weighted by atomic mass is 9.83. The first-order valence-corrected chi connectivity index (χ1v) is 14.7. The molecule has 4 aromatic rings. The van der Waals surface area contributed by atoms with Crippen LogP contribution < -0.4 is 0 Å². The van der Waals surface area contributed by atoms with Crippen LogP contribution in [0.3, 0.4) is 0 Å². The molecule has 234 valence electrons. The van der Waals surface area contributed by atoms with Gasteiger partial charge in [0.25, 0.3) is 0 Å². The first-order valence-electron chi connectivity index (χ1n) is 14.7. The molecule has 5 rings (SSSR count). The highest BCUT2D eigenvalue weighted by molar-refractivity contribution is 6.46. The maximum atomic E-state index is 13.7. The second-order valence-electron chi connectivity index (χ2n) is 11.1. The zero-order chi connectivity index (χ0) is 32.1. The fourth-order valence-corrected chi connectivity index (χ4v) is 5.76. The summed E-state index contributed by atoms with van der Waals surface area (Å²) in [6.45, 7) is -1.27. The Bertz CT molecular complexity index is 1790. The van der Waals surface area contributed by atoms with E-state index in [0.717, 1.165) is 36.7 Å². The predicted molar refractivity (Wildman–Crippen MR) is 161 cm³/mol. The molecule has 1 aliphatic carbocycles. The van der Waals surface area contributed by atoms with Gasteiger partial charge in [-0.1, -0.05) is 42.6 Å². The van der Waals surface area contributed by atoms with Crippen molar-refractivity contribution in [2.24, 2.45) is 11.1 Å². The van der Waals surface area contributed by atoms with E-state index < -0.39 is 30.4 Å². The molecule has 0 atom stereocenters. The van der Waals surface area contributed by atoms with Crippen LogP contribution in [0.1, 0.15) is 76.0 Å². The smallest absolute Gasteiger partial charge is 0.406 e. The number of oxime groups is 1. The molecule has 1 aliphatic rings. The van der Waals surface area contributed by atoms with Gasteiger partial charge in [0.1, 0.15) is 12.3 Å². The van der Waals surface area contributed by atoms with Gasteiger partial charge in [0, 0.05) is 45.3 Å². The number of fused-ring (bicyclic) bond motifs is 3. The predicted octanol–water partition coefficient (Wildman–Crippen LogP) is 7.47. The topological polar surface area (TPSA) is 104 Å². The molecule has 1 heterocycles. The van der Waals surface area contributed by atoms with Gasteiger partial charge in [-0.3, -0.25) is 14.4 Å². The van der Waals surface area contributed by atoms with Crippen molar-refractivity contribution in [3.05, 3.63) is 83.4 Å². The number of rotatable bonds is 10. The number of hydrogen-bond donors (Lipinski definition) is 0. The summed E-state index contributed by atoms with van der Waals surface area (Å²) in [6, 6.07) is 16.9. The van der Waals surface area contributed by atoms with E-state index in [-0.39, 0.29) is 52.4 Å². The first kappa shape index (κ1) is 31.6. The van der Waals surface area contributed by atoms with E-state index >= 15 is 0 Å². The van der Waals surface area contributed by atoms with Crippen molar-refractivity contribution in [3.8, 4) is 0 Å². The number of aromatic nitrogens is 1. The van der Waals surface area contributed by atoms with Crippen LogP contribution >= 0.6 is 0 Å². The van der Waals surface area contributed by atoms with Gasteiger partial charge in [-0.25, -0.2) is 4.79 Å². The van der Waals surface area contributed by atoms with E-state index in [4.69, 9.17) is 4.84 Å². The summed E-state index contributed by atoms with van der Waals surface area (Å²) < 4.78 is 46.8. The highest BCUT2D eigenvalue weighted by atomic mass is 19.4.